The lowest BCUT2D eigenvalue weighted by molar-refractivity contribution is -0.136. The highest BCUT2D eigenvalue weighted by atomic mass is 35.5. The maximum Gasteiger partial charge on any atom is 0.321 e. The average Bonchev–Trinajstić information content (AvgIpc) is 2.19. The quantitative estimate of drug-likeness (QED) is 0.822. The predicted octanol–water partition coefficient (Wildman–Crippen LogP) is 2.40. The van der Waals surface area contributed by atoms with Gasteiger partial charge in [0.1, 0.15) is 5.25 Å². The molecular weight excluding hydrogens is 236 g/mol. The summed E-state index contributed by atoms with van der Waals surface area (Å²) in [4.78, 5) is 22.5. The van der Waals surface area contributed by atoms with Gasteiger partial charge in [-0.1, -0.05) is 17.7 Å². The lowest BCUT2D eigenvalue weighted by Crippen LogP contribution is -2.20. The SMILES string of the molecule is O=C1CSC(C(=O)O)c2ccc(Cl)cc21. The van der Waals surface area contributed by atoms with Crippen LogP contribution in [0.25, 0.3) is 0 Å². The van der Waals surface area contributed by atoms with Crippen molar-refractivity contribution < 1.29 is 14.7 Å². The Morgan fingerprint density at radius 1 is 1.53 bits per heavy atom. The highest BCUT2D eigenvalue weighted by Gasteiger charge is 2.30. The number of fused-ring (bicyclic) bond motifs is 1. The summed E-state index contributed by atoms with van der Waals surface area (Å²) in [7, 11) is 0. The Hall–Kier alpha value is -1.00. The summed E-state index contributed by atoms with van der Waals surface area (Å²) in [5.74, 6) is -0.782. The molecule has 78 valence electrons. The topological polar surface area (TPSA) is 54.4 Å². The van der Waals surface area contributed by atoms with E-state index in [0.717, 1.165) is 11.8 Å². The third kappa shape index (κ3) is 1.87. The predicted molar refractivity (Wildman–Crippen MR) is 58.6 cm³/mol. The number of benzene rings is 1. The molecule has 0 saturated carbocycles. The van der Waals surface area contributed by atoms with E-state index in [1.165, 1.54) is 6.07 Å². The molecule has 0 amide bonds. The molecular formula is C10H7ClO3S. The van der Waals surface area contributed by atoms with Crippen molar-refractivity contribution in [2.24, 2.45) is 0 Å². The van der Waals surface area contributed by atoms with Crippen LogP contribution in [0.2, 0.25) is 5.02 Å². The Balaban J connectivity index is 2.55. The Morgan fingerprint density at radius 3 is 2.93 bits per heavy atom. The standard InChI is InChI=1S/C10H7ClO3S/c11-5-1-2-6-7(3-5)8(12)4-15-9(6)10(13)14/h1-3,9H,4H2,(H,13,14). The molecule has 1 N–H and O–H groups in total. The first-order chi connectivity index (χ1) is 7.09. The minimum absolute atomic E-state index is 0.0602. The van der Waals surface area contributed by atoms with Gasteiger partial charge >= 0.3 is 5.97 Å². The minimum Gasteiger partial charge on any atom is -0.480 e. The maximum atomic E-state index is 11.5. The molecule has 1 heterocycles. The van der Waals surface area contributed by atoms with Gasteiger partial charge in [-0.15, -0.1) is 11.8 Å². The molecule has 3 nitrogen and oxygen atoms in total. The van der Waals surface area contributed by atoms with E-state index in [2.05, 4.69) is 0 Å². The summed E-state index contributed by atoms with van der Waals surface area (Å²) >= 11 is 6.90. The number of Topliss-reactive ketones (excluding diaryl/α,β-unsaturated/α-hetero) is 1. The number of rotatable bonds is 1. The summed E-state index contributed by atoms with van der Waals surface area (Å²) in [6.45, 7) is 0. The van der Waals surface area contributed by atoms with Gasteiger partial charge in [0, 0.05) is 10.6 Å². The first-order valence-corrected chi connectivity index (χ1v) is 5.69. The number of carboxylic acids is 1. The summed E-state index contributed by atoms with van der Waals surface area (Å²) in [5.41, 5.74) is 0.988. The van der Waals surface area contributed by atoms with Crippen LogP contribution in [0.5, 0.6) is 0 Å². The van der Waals surface area contributed by atoms with E-state index < -0.39 is 11.2 Å². The van der Waals surface area contributed by atoms with Crippen molar-refractivity contribution in [1.82, 2.24) is 0 Å². The fourth-order valence-electron chi connectivity index (χ4n) is 1.53. The number of halogens is 1. The van der Waals surface area contributed by atoms with E-state index in [4.69, 9.17) is 16.7 Å². The molecule has 1 unspecified atom stereocenters. The molecule has 0 aliphatic carbocycles. The highest BCUT2D eigenvalue weighted by Crippen LogP contribution is 2.37. The monoisotopic (exact) mass is 242 g/mol. The fourth-order valence-corrected chi connectivity index (χ4v) is 2.70. The minimum atomic E-state index is -0.920. The van der Waals surface area contributed by atoms with E-state index in [-0.39, 0.29) is 11.5 Å². The zero-order chi connectivity index (χ0) is 11.0. The Kier molecular flexibility index (Phi) is 2.71. The number of carboxylic acid groups (broad SMARTS) is 1. The van der Waals surface area contributed by atoms with Crippen LogP contribution in [0.3, 0.4) is 0 Å². The van der Waals surface area contributed by atoms with Gasteiger partial charge in [-0.3, -0.25) is 9.59 Å². The molecule has 1 aliphatic heterocycles. The molecule has 0 aromatic heterocycles. The van der Waals surface area contributed by atoms with Gasteiger partial charge in [0.25, 0.3) is 0 Å². The molecule has 15 heavy (non-hydrogen) atoms. The van der Waals surface area contributed by atoms with Gasteiger partial charge < -0.3 is 5.11 Å². The number of hydrogen-bond donors (Lipinski definition) is 1. The summed E-state index contributed by atoms with van der Waals surface area (Å²) in [6.07, 6.45) is 0. The molecule has 5 heteroatoms. The van der Waals surface area contributed by atoms with Gasteiger partial charge in [0.05, 0.1) is 5.75 Å². The Labute approximate surface area is 95.4 Å². The summed E-state index contributed by atoms with van der Waals surface area (Å²) < 4.78 is 0. The number of thioether (sulfide) groups is 1. The molecule has 1 aromatic carbocycles. The van der Waals surface area contributed by atoms with Crippen molar-refractivity contribution in [2.45, 2.75) is 5.25 Å². The second-order valence-electron chi connectivity index (χ2n) is 3.18. The van der Waals surface area contributed by atoms with Crippen LogP contribution in [-0.2, 0) is 4.79 Å². The number of carbonyl (C=O) groups is 2. The van der Waals surface area contributed by atoms with Gasteiger partial charge in [-0.2, -0.15) is 0 Å². The van der Waals surface area contributed by atoms with Crippen molar-refractivity contribution in [3.63, 3.8) is 0 Å². The number of aliphatic carboxylic acids is 1. The zero-order valence-corrected chi connectivity index (χ0v) is 9.14. The van der Waals surface area contributed by atoms with E-state index >= 15 is 0 Å². The first kappa shape index (κ1) is 10.5. The third-order valence-electron chi connectivity index (χ3n) is 2.20. The molecule has 0 saturated heterocycles. The zero-order valence-electron chi connectivity index (χ0n) is 7.57. The van der Waals surface area contributed by atoms with Crippen molar-refractivity contribution in [3.8, 4) is 0 Å². The van der Waals surface area contributed by atoms with Crippen molar-refractivity contribution >= 4 is 35.1 Å². The van der Waals surface area contributed by atoms with Crippen molar-refractivity contribution in [3.05, 3.63) is 34.3 Å². The Morgan fingerprint density at radius 2 is 2.27 bits per heavy atom. The first-order valence-electron chi connectivity index (χ1n) is 4.26. The van der Waals surface area contributed by atoms with E-state index in [1.54, 1.807) is 12.1 Å². The van der Waals surface area contributed by atoms with E-state index in [9.17, 15) is 9.59 Å². The highest BCUT2D eigenvalue weighted by molar-refractivity contribution is 8.01. The second-order valence-corrected chi connectivity index (χ2v) is 4.71. The van der Waals surface area contributed by atoms with Crippen molar-refractivity contribution in [1.29, 1.82) is 0 Å². The van der Waals surface area contributed by atoms with Crippen LogP contribution >= 0.6 is 23.4 Å². The van der Waals surface area contributed by atoms with Gasteiger partial charge in [-0.25, -0.2) is 0 Å². The van der Waals surface area contributed by atoms with E-state index in [1.807, 2.05) is 0 Å². The maximum absolute atomic E-state index is 11.5. The Bertz CT molecular complexity index is 444. The number of hydrogen-bond acceptors (Lipinski definition) is 3. The molecule has 0 fully saturated rings. The lowest BCUT2D eigenvalue weighted by Gasteiger charge is -2.20. The molecule has 1 aliphatic rings. The smallest absolute Gasteiger partial charge is 0.321 e. The lowest BCUT2D eigenvalue weighted by atomic mass is 10.0. The van der Waals surface area contributed by atoms with Crippen molar-refractivity contribution in [2.75, 3.05) is 5.75 Å². The molecule has 0 spiro atoms. The number of carbonyl (C=O) groups excluding carboxylic acids is 1. The normalized spacial score (nSPS) is 19.8. The molecule has 1 aromatic rings. The van der Waals surface area contributed by atoms with Crippen LogP contribution < -0.4 is 0 Å². The summed E-state index contributed by atoms with van der Waals surface area (Å²) in [5, 5.41) is 8.77. The van der Waals surface area contributed by atoms with Crippen LogP contribution in [0.4, 0.5) is 0 Å². The largest absolute Gasteiger partial charge is 0.480 e. The van der Waals surface area contributed by atoms with Gasteiger partial charge in [-0.05, 0) is 17.7 Å². The van der Waals surface area contributed by atoms with Crippen LogP contribution in [0, 0.1) is 0 Å². The van der Waals surface area contributed by atoms with Gasteiger partial charge in [0.2, 0.25) is 0 Å². The molecule has 1 atom stereocenters. The van der Waals surface area contributed by atoms with Crippen LogP contribution in [0.15, 0.2) is 18.2 Å². The summed E-state index contributed by atoms with van der Waals surface area (Å²) in [6, 6.07) is 4.75. The van der Waals surface area contributed by atoms with Crippen LogP contribution in [0.1, 0.15) is 21.2 Å². The molecule has 2 rings (SSSR count). The average molecular weight is 243 g/mol. The molecule has 0 bridgehead atoms. The van der Waals surface area contributed by atoms with E-state index in [0.29, 0.717) is 16.1 Å². The third-order valence-corrected chi connectivity index (χ3v) is 3.66. The number of ketones is 1. The fraction of sp³-hybridized carbons (Fsp3) is 0.200. The van der Waals surface area contributed by atoms with Gasteiger partial charge in [0.15, 0.2) is 5.78 Å². The van der Waals surface area contributed by atoms with Crippen LogP contribution in [-0.4, -0.2) is 22.6 Å². The molecule has 0 radical (unpaired) electrons. The second kappa shape index (κ2) is 3.87.